The lowest BCUT2D eigenvalue weighted by Crippen LogP contribution is -2.37. The topological polar surface area (TPSA) is 71.4 Å². The molecule has 0 bridgehead atoms. The van der Waals surface area contributed by atoms with E-state index in [1.807, 2.05) is 47.4 Å². The van der Waals surface area contributed by atoms with Gasteiger partial charge in [0.05, 0.1) is 11.1 Å². The van der Waals surface area contributed by atoms with Gasteiger partial charge in [0.2, 0.25) is 5.91 Å². The first kappa shape index (κ1) is 21.8. The molecule has 6 heteroatoms. The number of para-hydroxylation sites is 1. The molecule has 0 spiro atoms. The van der Waals surface area contributed by atoms with Crippen LogP contribution in [0.5, 0.6) is 0 Å². The highest BCUT2D eigenvalue weighted by Crippen LogP contribution is 2.21. The number of anilines is 1. The summed E-state index contributed by atoms with van der Waals surface area (Å²) < 4.78 is 1.43. The summed E-state index contributed by atoms with van der Waals surface area (Å²) in [6, 6.07) is 16.4. The molecular formula is C26H29N3O3. The summed E-state index contributed by atoms with van der Waals surface area (Å²) in [6.07, 6.45) is 3.10. The number of hydrogen-bond donors (Lipinski definition) is 1. The molecule has 1 aromatic heterocycles. The van der Waals surface area contributed by atoms with Crippen LogP contribution in [0.25, 0.3) is 10.9 Å². The number of benzene rings is 2. The van der Waals surface area contributed by atoms with Gasteiger partial charge in [-0.3, -0.25) is 19.0 Å². The maximum absolute atomic E-state index is 13.1. The monoisotopic (exact) mass is 431 g/mol. The van der Waals surface area contributed by atoms with Gasteiger partial charge in [-0.25, -0.2) is 0 Å². The van der Waals surface area contributed by atoms with Crippen LogP contribution in [-0.2, 0) is 11.3 Å². The summed E-state index contributed by atoms with van der Waals surface area (Å²) in [5, 5.41) is 3.56. The van der Waals surface area contributed by atoms with Gasteiger partial charge in [-0.05, 0) is 48.9 Å². The van der Waals surface area contributed by atoms with Crippen molar-refractivity contribution in [2.45, 2.75) is 45.6 Å². The second kappa shape index (κ2) is 9.39. The number of nitrogens with zero attached hydrogens (tertiary/aromatic N) is 2. The van der Waals surface area contributed by atoms with Crippen molar-refractivity contribution in [2.75, 3.05) is 18.4 Å². The van der Waals surface area contributed by atoms with Crippen molar-refractivity contribution in [3.63, 3.8) is 0 Å². The first-order valence-electron chi connectivity index (χ1n) is 11.3. The van der Waals surface area contributed by atoms with Gasteiger partial charge >= 0.3 is 0 Å². The predicted molar refractivity (Wildman–Crippen MR) is 127 cm³/mol. The third-order valence-electron chi connectivity index (χ3n) is 6.06. The van der Waals surface area contributed by atoms with E-state index in [-0.39, 0.29) is 23.9 Å². The molecule has 2 heterocycles. The zero-order valence-corrected chi connectivity index (χ0v) is 18.6. The molecule has 1 fully saturated rings. The molecule has 0 radical (unpaired) electrons. The SMILES string of the molecule is CC(C)c1ccc(NC(=O)Cn2c(=O)cc(C(=O)N3CCCCC3)c3ccccc32)cc1. The van der Waals surface area contributed by atoms with E-state index in [9.17, 15) is 14.4 Å². The molecule has 166 valence electrons. The van der Waals surface area contributed by atoms with Crippen LogP contribution in [0, 0.1) is 0 Å². The highest BCUT2D eigenvalue weighted by molar-refractivity contribution is 6.06. The standard InChI is InChI=1S/C26H29N3O3/c1-18(2)19-10-12-20(13-11-19)27-24(30)17-29-23-9-5-4-8-21(23)22(16-25(29)31)26(32)28-14-6-3-7-15-28/h4-5,8-13,16,18H,3,6-7,14-15,17H2,1-2H3,(H,27,30). The van der Waals surface area contributed by atoms with Gasteiger partial charge in [-0.15, -0.1) is 0 Å². The Kier molecular flexibility index (Phi) is 6.40. The van der Waals surface area contributed by atoms with E-state index in [4.69, 9.17) is 0 Å². The molecule has 32 heavy (non-hydrogen) atoms. The Labute approximate surface area is 187 Å². The Morgan fingerprint density at radius 2 is 1.66 bits per heavy atom. The average molecular weight is 432 g/mol. The second-order valence-electron chi connectivity index (χ2n) is 8.68. The number of carbonyl (C=O) groups excluding carboxylic acids is 2. The molecular weight excluding hydrogens is 402 g/mol. The van der Waals surface area contributed by atoms with Crippen LogP contribution in [0.2, 0.25) is 0 Å². The number of hydrogen-bond acceptors (Lipinski definition) is 3. The predicted octanol–water partition coefficient (Wildman–Crippen LogP) is 4.39. The molecule has 2 amide bonds. The summed E-state index contributed by atoms with van der Waals surface area (Å²) in [4.78, 5) is 40.6. The molecule has 0 aliphatic carbocycles. The fraction of sp³-hybridized carbons (Fsp3) is 0.346. The Bertz CT molecular complexity index is 1190. The summed E-state index contributed by atoms with van der Waals surface area (Å²) in [5.41, 5.74) is 2.53. The zero-order valence-electron chi connectivity index (χ0n) is 18.6. The Balaban J connectivity index is 1.60. The van der Waals surface area contributed by atoms with Crippen molar-refractivity contribution in [2.24, 2.45) is 0 Å². The number of pyridine rings is 1. The third-order valence-corrected chi connectivity index (χ3v) is 6.06. The highest BCUT2D eigenvalue weighted by atomic mass is 16.2. The molecule has 0 atom stereocenters. The van der Waals surface area contributed by atoms with Crippen molar-refractivity contribution >= 4 is 28.4 Å². The van der Waals surface area contributed by atoms with Crippen LogP contribution in [0.4, 0.5) is 5.69 Å². The van der Waals surface area contributed by atoms with E-state index >= 15 is 0 Å². The van der Waals surface area contributed by atoms with Crippen molar-refractivity contribution in [1.29, 1.82) is 0 Å². The number of likely N-dealkylation sites (tertiary alicyclic amines) is 1. The van der Waals surface area contributed by atoms with Gasteiger partial charge in [-0.1, -0.05) is 44.2 Å². The van der Waals surface area contributed by atoms with Gasteiger partial charge < -0.3 is 10.2 Å². The van der Waals surface area contributed by atoms with Crippen molar-refractivity contribution in [3.8, 4) is 0 Å². The molecule has 1 aliphatic rings. The van der Waals surface area contributed by atoms with E-state index < -0.39 is 0 Å². The first-order valence-corrected chi connectivity index (χ1v) is 11.3. The molecule has 6 nitrogen and oxygen atoms in total. The number of nitrogens with one attached hydrogen (secondary N) is 1. The first-order chi connectivity index (χ1) is 15.4. The van der Waals surface area contributed by atoms with Crippen LogP contribution in [0.3, 0.4) is 0 Å². The number of rotatable bonds is 5. The van der Waals surface area contributed by atoms with Gasteiger partial charge in [0.15, 0.2) is 0 Å². The number of piperidine rings is 1. The third kappa shape index (κ3) is 4.59. The summed E-state index contributed by atoms with van der Waals surface area (Å²) >= 11 is 0. The molecule has 0 unspecified atom stereocenters. The van der Waals surface area contributed by atoms with Gasteiger partial charge in [0.1, 0.15) is 6.54 Å². The minimum Gasteiger partial charge on any atom is -0.339 e. The van der Waals surface area contributed by atoms with Crippen molar-refractivity contribution in [1.82, 2.24) is 9.47 Å². The number of aromatic nitrogens is 1. The fourth-order valence-electron chi connectivity index (χ4n) is 4.24. The van der Waals surface area contributed by atoms with Crippen LogP contribution in [-0.4, -0.2) is 34.4 Å². The van der Waals surface area contributed by atoms with Gasteiger partial charge in [0.25, 0.3) is 11.5 Å². The number of carbonyl (C=O) groups is 2. The second-order valence-corrected chi connectivity index (χ2v) is 8.68. The zero-order chi connectivity index (χ0) is 22.7. The van der Waals surface area contributed by atoms with Gasteiger partial charge in [-0.2, -0.15) is 0 Å². The van der Waals surface area contributed by atoms with Crippen LogP contribution in [0.15, 0.2) is 59.4 Å². The van der Waals surface area contributed by atoms with E-state index in [0.29, 0.717) is 41.2 Å². The molecule has 1 saturated heterocycles. The van der Waals surface area contributed by atoms with E-state index in [2.05, 4.69) is 19.2 Å². The number of fused-ring (bicyclic) bond motifs is 1. The van der Waals surface area contributed by atoms with E-state index in [0.717, 1.165) is 19.3 Å². The normalized spacial score (nSPS) is 14.0. The average Bonchev–Trinajstić information content (AvgIpc) is 2.81. The summed E-state index contributed by atoms with van der Waals surface area (Å²) in [5.74, 6) is 0.0142. The minimum atomic E-state index is -0.352. The Hall–Kier alpha value is -3.41. The molecule has 1 N–H and O–H groups in total. The van der Waals surface area contributed by atoms with E-state index in [1.165, 1.54) is 16.2 Å². The Morgan fingerprint density at radius 1 is 0.969 bits per heavy atom. The maximum atomic E-state index is 13.1. The van der Waals surface area contributed by atoms with Crippen LogP contribution in [0.1, 0.15) is 54.9 Å². The highest BCUT2D eigenvalue weighted by Gasteiger charge is 2.22. The summed E-state index contributed by atoms with van der Waals surface area (Å²) in [6.45, 7) is 5.54. The van der Waals surface area contributed by atoms with Crippen molar-refractivity contribution < 1.29 is 9.59 Å². The molecule has 4 rings (SSSR count). The molecule has 1 aliphatic heterocycles. The molecule has 3 aromatic rings. The van der Waals surface area contributed by atoms with Crippen LogP contribution < -0.4 is 10.9 Å². The summed E-state index contributed by atoms with van der Waals surface area (Å²) in [7, 11) is 0. The quantitative estimate of drug-likeness (QED) is 0.651. The van der Waals surface area contributed by atoms with Crippen molar-refractivity contribution in [3.05, 3.63) is 76.1 Å². The lowest BCUT2D eigenvalue weighted by atomic mass is 10.0. The maximum Gasteiger partial charge on any atom is 0.254 e. The lowest BCUT2D eigenvalue weighted by molar-refractivity contribution is -0.116. The Morgan fingerprint density at radius 3 is 2.34 bits per heavy atom. The smallest absolute Gasteiger partial charge is 0.254 e. The fourth-order valence-corrected chi connectivity index (χ4v) is 4.24. The lowest BCUT2D eigenvalue weighted by Gasteiger charge is -2.27. The van der Waals surface area contributed by atoms with Gasteiger partial charge in [0, 0.05) is 30.2 Å². The largest absolute Gasteiger partial charge is 0.339 e. The van der Waals surface area contributed by atoms with Crippen LogP contribution >= 0.6 is 0 Å². The minimum absolute atomic E-state index is 0.111. The molecule has 2 aromatic carbocycles. The van der Waals surface area contributed by atoms with E-state index in [1.54, 1.807) is 6.07 Å². The number of amides is 2. The molecule has 0 saturated carbocycles.